The highest BCUT2D eigenvalue weighted by molar-refractivity contribution is 6.02. The van der Waals surface area contributed by atoms with Crippen molar-refractivity contribution < 1.29 is 9.59 Å². The third-order valence-corrected chi connectivity index (χ3v) is 4.53. The Kier molecular flexibility index (Phi) is 2.18. The maximum atomic E-state index is 12.0. The lowest BCUT2D eigenvalue weighted by Gasteiger charge is -2.19. The molecule has 0 heterocycles. The highest BCUT2D eigenvalue weighted by Gasteiger charge is 2.43. The van der Waals surface area contributed by atoms with Crippen molar-refractivity contribution in [3.05, 3.63) is 0 Å². The summed E-state index contributed by atoms with van der Waals surface area (Å²) in [6.07, 6.45) is 7.21. The van der Waals surface area contributed by atoms with E-state index >= 15 is 0 Å². The highest BCUT2D eigenvalue weighted by Crippen LogP contribution is 2.49. The third kappa shape index (κ3) is 1.75. The third-order valence-electron chi connectivity index (χ3n) is 4.53. The minimum atomic E-state index is 0.225. The normalized spacial score (nSPS) is 38.3. The summed E-state index contributed by atoms with van der Waals surface area (Å²) in [6.45, 7) is 0. The standard InChI is InChI=1S/C13H18O2/c14-12(9-3-4-9)7-13(15)11-6-8-1-2-10(11)5-8/h8-11H,1-7H2. The zero-order chi connectivity index (χ0) is 10.4. The summed E-state index contributed by atoms with van der Waals surface area (Å²) in [5, 5.41) is 0. The molecule has 0 saturated heterocycles. The van der Waals surface area contributed by atoms with E-state index in [1.807, 2.05) is 0 Å². The second kappa shape index (κ2) is 3.43. The first-order chi connectivity index (χ1) is 7.24. The van der Waals surface area contributed by atoms with Crippen molar-refractivity contribution in [2.75, 3.05) is 0 Å². The molecule has 0 amide bonds. The van der Waals surface area contributed by atoms with Crippen molar-refractivity contribution in [2.45, 2.75) is 44.9 Å². The van der Waals surface area contributed by atoms with Gasteiger partial charge in [0.1, 0.15) is 11.6 Å². The predicted molar refractivity (Wildman–Crippen MR) is 56.3 cm³/mol. The van der Waals surface area contributed by atoms with Gasteiger partial charge in [-0.2, -0.15) is 0 Å². The Morgan fingerprint density at radius 2 is 1.73 bits per heavy atom. The molecular weight excluding hydrogens is 188 g/mol. The summed E-state index contributed by atoms with van der Waals surface area (Å²) in [5.41, 5.74) is 0. The minimum Gasteiger partial charge on any atom is -0.299 e. The van der Waals surface area contributed by atoms with Gasteiger partial charge < -0.3 is 0 Å². The number of hydrogen-bond acceptors (Lipinski definition) is 2. The zero-order valence-corrected chi connectivity index (χ0v) is 9.08. The number of rotatable bonds is 4. The molecular formula is C13H18O2. The lowest BCUT2D eigenvalue weighted by molar-refractivity contribution is -0.130. The lowest BCUT2D eigenvalue weighted by atomic mass is 9.84. The average molecular weight is 206 g/mol. The first-order valence-electron chi connectivity index (χ1n) is 6.29. The molecule has 0 aliphatic heterocycles. The molecule has 0 radical (unpaired) electrons. The Bertz CT molecular complexity index is 304. The molecule has 3 rings (SSSR count). The monoisotopic (exact) mass is 206 g/mol. The van der Waals surface area contributed by atoms with Crippen LogP contribution in [-0.4, -0.2) is 11.6 Å². The maximum Gasteiger partial charge on any atom is 0.143 e. The molecule has 3 aliphatic rings. The molecule has 82 valence electrons. The van der Waals surface area contributed by atoms with Crippen LogP contribution in [-0.2, 0) is 9.59 Å². The molecule has 3 fully saturated rings. The summed E-state index contributed by atoms with van der Waals surface area (Å²) >= 11 is 0. The quantitative estimate of drug-likeness (QED) is 0.662. The average Bonchev–Trinajstić information content (AvgIpc) is 2.87. The van der Waals surface area contributed by atoms with Gasteiger partial charge in [-0.1, -0.05) is 6.42 Å². The van der Waals surface area contributed by atoms with Crippen LogP contribution >= 0.6 is 0 Å². The van der Waals surface area contributed by atoms with Crippen LogP contribution in [0.15, 0.2) is 0 Å². The van der Waals surface area contributed by atoms with Crippen LogP contribution in [0.5, 0.6) is 0 Å². The Hall–Kier alpha value is -0.660. The molecule has 0 aromatic carbocycles. The van der Waals surface area contributed by atoms with Gasteiger partial charge in [-0.15, -0.1) is 0 Å². The van der Waals surface area contributed by atoms with Gasteiger partial charge >= 0.3 is 0 Å². The van der Waals surface area contributed by atoms with Crippen LogP contribution < -0.4 is 0 Å². The van der Waals surface area contributed by atoms with Gasteiger partial charge in [0.25, 0.3) is 0 Å². The van der Waals surface area contributed by atoms with Crippen molar-refractivity contribution in [1.82, 2.24) is 0 Å². The zero-order valence-electron chi connectivity index (χ0n) is 9.08. The Morgan fingerprint density at radius 1 is 0.933 bits per heavy atom. The second-order valence-electron chi connectivity index (χ2n) is 5.67. The first kappa shape index (κ1) is 9.56. The van der Waals surface area contributed by atoms with Gasteiger partial charge in [0.2, 0.25) is 0 Å². The molecule has 2 bridgehead atoms. The largest absolute Gasteiger partial charge is 0.299 e. The number of carbonyl (C=O) groups excluding carboxylic acids is 2. The Balaban J connectivity index is 1.58. The fourth-order valence-electron chi connectivity index (χ4n) is 3.49. The molecule has 3 saturated carbocycles. The van der Waals surface area contributed by atoms with Crippen molar-refractivity contribution in [1.29, 1.82) is 0 Å². The summed E-state index contributed by atoms with van der Waals surface area (Å²) in [6, 6.07) is 0. The van der Waals surface area contributed by atoms with Gasteiger partial charge in [-0.05, 0) is 43.9 Å². The fraction of sp³-hybridized carbons (Fsp3) is 0.846. The van der Waals surface area contributed by atoms with Crippen LogP contribution in [0, 0.1) is 23.7 Å². The number of carbonyl (C=O) groups is 2. The lowest BCUT2D eigenvalue weighted by Crippen LogP contribution is -2.23. The van der Waals surface area contributed by atoms with E-state index < -0.39 is 0 Å². The van der Waals surface area contributed by atoms with E-state index in [0.29, 0.717) is 5.92 Å². The van der Waals surface area contributed by atoms with Gasteiger partial charge in [0.05, 0.1) is 6.42 Å². The summed E-state index contributed by atoms with van der Waals surface area (Å²) in [4.78, 5) is 23.5. The van der Waals surface area contributed by atoms with Crippen molar-refractivity contribution in [3.8, 4) is 0 Å². The Morgan fingerprint density at radius 3 is 2.27 bits per heavy atom. The molecule has 3 unspecified atom stereocenters. The van der Waals surface area contributed by atoms with Gasteiger partial charge in [0.15, 0.2) is 0 Å². The number of fused-ring (bicyclic) bond motifs is 2. The summed E-state index contributed by atoms with van der Waals surface area (Å²) < 4.78 is 0. The molecule has 0 N–H and O–H groups in total. The van der Waals surface area contributed by atoms with Crippen molar-refractivity contribution in [3.63, 3.8) is 0 Å². The van der Waals surface area contributed by atoms with Gasteiger partial charge in [-0.25, -0.2) is 0 Å². The van der Waals surface area contributed by atoms with Crippen LogP contribution in [0.2, 0.25) is 0 Å². The van der Waals surface area contributed by atoms with E-state index in [0.717, 1.165) is 25.2 Å². The van der Waals surface area contributed by atoms with Gasteiger partial charge in [0, 0.05) is 11.8 Å². The molecule has 3 aliphatic carbocycles. The van der Waals surface area contributed by atoms with E-state index in [4.69, 9.17) is 0 Å². The molecule has 15 heavy (non-hydrogen) atoms. The van der Waals surface area contributed by atoms with Crippen LogP contribution in [0.4, 0.5) is 0 Å². The number of hydrogen-bond donors (Lipinski definition) is 0. The highest BCUT2D eigenvalue weighted by atomic mass is 16.1. The van der Waals surface area contributed by atoms with Crippen LogP contribution in [0.25, 0.3) is 0 Å². The molecule has 0 spiro atoms. The van der Waals surface area contributed by atoms with E-state index in [1.54, 1.807) is 0 Å². The topological polar surface area (TPSA) is 34.1 Å². The first-order valence-corrected chi connectivity index (χ1v) is 6.29. The van der Waals surface area contributed by atoms with Crippen molar-refractivity contribution in [2.24, 2.45) is 23.7 Å². The number of ketones is 2. The van der Waals surface area contributed by atoms with E-state index in [1.165, 1.54) is 19.3 Å². The number of Topliss-reactive ketones (excluding diaryl/α,β-unsaturated/α-hetero) is 2. The molecule has 0 aromatic rings. The fourth-order valence-corrected chi connectivity index (χ4v) is 3.49. The van der Waals surface area contributed by atoms with E-state index in [9.17, 15) is 9.59 Å². The molecule has 0 aromatic heterocycles. The van der Waals surface area contributed by atoms with E-state index in [2.05, 4.69) is 0 Å². The Labute approximate surface area is 90.4 Å². The van der Waals surface area contributed by atoms with E-state index in [-0.39, 0.29) is 29.8 Å². The maximum absolute atomic E-state index is 12.0. The summed E-state index contributed by atoms with van der Waals surface area (Å²) in [5.74, 6) is 2.44. The SMILES string of the molecule is O=C(CC(=O)C1CC2CCC1C2)C1CC1. The molecule has 2 heteroatoms. The molecule has 2 nitrogen and oxygen atoms in total. The van der Waals surface area contributed by atoms with Crippen molar-refractivity contribution >= 4 is 11.6 Å². The van der Waals surface area contributed by atoms with Gasteiger partial charge in [-0.3, -0.25) is 9.59 Å². The van der Waals surface area contributed by atoms with Crippen LogP contribution in [0.1, 0.15) is 44.9 Å². The minimum absolute atomic E-state index is 0.225. The molecule has 3 atom stereocenters. The van der Waals surface area contributed by atoms with Crippen LogP contribution in [0.3, 0.4) is 0 Å². The smallest absolute Gasteiger partial charge is 0.143 e. The summed E-state index contributed by atoms with van der Waals surface area (Å²) in [7, 11) is 0. The predicted octanol–water partition coefficient (Wildman–Crippen LogP) is 2.36. The second-order valence-corrected chi connectivity index (χ2v) is 5.67.